The summed E-state index contributed by atoms with van der Waals surface area (Å²) in [6, 6.07) is 0.927. The molecule has 2 N–H and O–H groups in total. The maximum atomic E-state index is 13.1. The molecule has 1 spiro atoms. The molecule has 3 nitrogen and oxygen atoms in total. The SMILES string of the molecule is C=CC1(C)N(c2cc(C(F)(F)F)cc(C(F)(F)F)c2)C(=O)C12CCC(N)C2. The van der Waals surface area contributed by atoms with Gasteiger partial charge in [-0.05, 0) is 44.4 Å². The molecule has 1 saturated heterocycles. The second-order valence-electron chi connectivity index (χ2n) is 7.34. The van der Waals surface area contributed by atoms with Crippen LogP contribution in [0, 0.1) is 5.41 Å². The number of amides is 1. The summed E-state index contributed by atoms with van der Waals surface area (Å²) in [5.74, 6) is -0.523. The third-order valence-corrected chi connectivity index (χ3v) is 5.83. The number of nitrogens with zero attached hydrogens (tertiary/aromatic N) is 1. The van der Waals surface area contributed by atoms with Gasteiger partial charge in [-0.1, -0.05) is 6.08 Å². The molecule has 3 rings (SSSR count). The number of hydrogen-bond acceptors (Lipinski definition) is 2. The third-order valence-electron chi connectivity index (χ3n) is 5.83. The molecule has 3 unspecified atom stereocenters. The first-order valence-corrected chi connectivity index (χ1v) is 8.29. The van der Waals surface area contributed by atoms with E-state index in [4.69, 9.17) is 5.73 Å². The van der Waals surface area contributed by atoms with Crippen LogP contribution in [-0.2, 0) is 17.1 Å². The number of nitrogens with two attached hydrogens (primary N) is 1. The lowest BCUT2D eigenvalue weighted by Crippen LogP contribution is -2.75. The average Bonchev–Trinajstić information content (AvgIpc) is 2.97. The Morgan fingerprint density at radius 1 is 1.15 bits per heavy atom. The van der Waals surface area contributed by atoms with Crippen molar-refractivity contribution in [2.75, 3.05) is 4.90 Å². The van der Waals surface area contributed by atoms with Crippen LogP contribution in [0.4, 0.5) is 32.0 Å². The van der Waals surface area contributed by atoms with Gasteiger partial charge in [0.05, 0.1) is 22.1 Å². The van der Waals surface area contributed by atoms with Crippen LogP contribution in [0.1, 0.15) is 37.3 Å². The molecule has 2 fully saturated rings. The topological polar surface area (TPSA) is 46.3 Å². The van der Waals surface area contributed by atoms with Gasteiger partial charge in [0, 0.05) is 11.7 Å². The number of anilines is 1. The Balaban J connectivity index is 2.13. The van der Waals surface area contributed by atoms with Gasteiger partial charge >= 0.3 is 12.4 Å². The van der Waals surface area contributed by atoms with Crippen molar-refractivity contribution in [3.05, 3.63) is 42.0 Å². The van der Waals surface area contributed by atoms with Crippen LogP contribution in [0.3, 0.4) is 0 Å². The highest BCUT2D eigenvalue weighted by Gasteiger charge is 2.69. The predicted octanol–water partition coefficient (Wildman–Crippen LogP) is 4.51. The lowest BCUT2D eigenvalue weighted by Gasteiger charge is -2.61. The predicted molar refractivity (Wildman–Crippen MR) is 86.8 cm³/mol. The van der Waals surface area contributed by atoms with Crippen molar-refractivity contribution in [2.45, 2.75) is 50.1 Å². The fraction of sp³-hybridized carbons (Fsp3) is 0.500. The van der Waals surface area contributed by atoms with E-state index in [1.54, 1.807) is 6.92 Å². The minimum Gasteiger partial charge on any atom is -0.328 e. The fourth-order valence-electron chi connectivity index (χ4n) is 4.28. The number of carbonyl (C=O) groups excluding carboxylic acids is 1. The smallest absolute Gasteiger partial charge is 0.328 e. The Kier molecular flexibility index (Phi) is 4.19. The maximum absolute atomic E-state index is 13.1. The highest BCUT2D eigenvalue weighted by molar-refractivity contribution is 6.09. The first kappa shape index (κ1) is 19.7. The molecule has 1 aromatic carbocycles. The van der Waals surface area contributed by atoms with E-state index in [9.17, 15) is 31.1 Å². The summed E-state index contributed by atoms with van der Waals surface area (Å²) in [5, 5.41) is 0. The molecular formula is C18H18F6N2O. The van der Waals surface area contributed by atoms with Crippen LogP contribution < -0.4 is 10.6 Å². The van der Waals surface area contributed by atoms with E-state index in [1.165, 1.54) is 6.08 Å². The zero-order valence-corrected chi connectivity index (χ0v) is 14.4. The van der Waals surface area contributed by atoms with Gasteiger partial charge in [0.25, 0.3) is 0 Å². The molecule has 148 valence electrons. The molecule has 9 heteroatoms. The summed E-state index contributed by atoms with van der Waals surface area (Å²) >= 11 is 0. The standard InChI is InChI=1S/C18H18F6N2O/c1-3-15(2)16(5-4-12(25)9-16)14(27)26(15)13-7-10(17(19,20)21)6-11(8-13)18(22,23)24/h3,6-8,12H,1,4-5,9,25H2,2H3. The Bertz CT molecular complexity index is 770. The van der Waals surface area contributed by atoms with E-state index < -0.39 is 46.0 Å². The zero-order valence-electron chi connectivity index (χ0n) is 14.4. The molecule has 1 aromatic rings. The van der Waals surface area contributed by atoms with Gasteiger partial charge in [0.2, 0.25) is 5.91 Å². The van der Waals surface area contributed by atoms with E-state index in [1.807, 2.05) is 0 Å². The quantitative estimate of drug-likeness (QED) is 0.457. The van der Waals surface area contributed by atoms with Crippen molar-refractivity contribution in [1.82, 2.24) is 0 Å². The molecule has 0 radical (unpaired) electrons. The van der Waals surface area contributed by atoms with Crippen LogP contribution in [0.25, 0.3) is 0 Å². The molecule has 1 heterocycles. The van der Waals surface area contributed by atoms with E-state index in [-0.39, 0.29) is 12.1 Å². The van der Waals surface area contributed by atoms with E-state index in [0.29, 0.717) is 31.4 Å². The van der Waals surface area contributed by atoms with Crippen LogP contribution in [-0.4, -0.2) is 17.5 Å². The highest BCUT2D eigenvalue weighted by Crippen LogP contribution is 2.60. The molecule has 3 atom stereocenters. The van der Waals surface area contributed by atoms with Gasteiger partial charge in [0.1, 0.15) is 0 Å². The van der Waals surface area contributed by atoms with Crippen molar-refractivity contribution >= 4 is 11.6 Å². The van der Waals surface area contributed by atoms with Gasteiger partial charge < -0.3 is 10.6 Å². The molecular weight excluding hydrogens is 374 g/mol. The van der Waals surface area contributed by atoms with Crippen molar-refractivity contribution in [2.24, 2.45) is 11.1 Å². The summed E-state index contributed by atoms with van der Waals surface area (Å²) in [5.41, 5.74) is 0.465. The van der Waals surface area contributed by atoms with E-state index in [0.717, 1.165) is 4.90 Å². The number of β-lactam (4-membered cyclic amide) rings is 1. The zero-order chi connectivity index (χ0) is 20.4. The number of halogens is 6. The lowest BCUT2D eigenvalue weighted by molar-refractivity contribution is -0.145. The normalized spacial score (nSPS) is 31.3. The van der Waals surface area contributed by atoms with Crippen LogP contribution in [0.5, 0.6) is 0 Å². The van der Waals surface area contributed by atoms with Crippen LogP contribution in [0.2, 0.25) is 0 Å². The molecule has 0 aromatic heterocycles. The molecule has 1 saturated carbocycles. The highest BCUT2D eigenvalue weighted by atomic mass is 19.4. The van der Waals surface area contributed by atoms with Crippen molar-refractivity contribution in [3.8, 4) is 0 Å². The minimum absolute atomic E-state index is 0.0419. The summed E-state index contributed by atoms with van der Waals surface area (Å²) in [6.45, 7) is 5.26. The van der Waals surface area contributed by atoms with Gasteiger partial charge in [-0.15, -0.1) is 6.58 Å². The Labute approximate surface area is 151 Å². The summed E-state index contributed by atoms with van der Waals surface area (Å²) in [4.78, 5) is 13.9. The maximum Gasteiger partial charge on any atom is 0.416 e. The van der Waals surface area contributed by atoms with Gasteiger partial charge in [-0.2, -0.15) is 26.3 Å². The molecule has 1 aliphatic heterocycles. The van der Waals surface area contributed by atoms with Crippen LogP contribution in [0.15, 0.2) is 30.9 Å². The number of carbonyl (C=O) groups is 1. The second-order valence-corrected chi connectivity index (χ2v) is 7.34. The summed E-state index contributed by atoms with van der Waals surface area (Å²) in [6.07, 6.45) is -7.28. The van der Waals surface area contributed by atoms with Gasteiger partial charge in [-0.3, -0.25) is 4.79 Å². The first-order valence-electron chi connectivity index (χ1n) is 8.29. The van der Waals surface area contributed by atoms with Crippen molar-refractivity contribution < 1.29 is 31.1 Å². The second kappa shape index (κ2) is 5.73. The van der Waals surface area contributed by atoms with Crippen molar-refractivity contribution in [3.63, 3.8) is 0 Å². The lowest BCUT2D eigenvalue weighted by atomic mass is 9.59. The molecule has 1 amide bonds. The minimum atomic E-state index is -4.98. The van der Waals surface area contributed by atoms with Gasteiger partial charge in [-0.25, -0.2) is 0 Å². The Morgan fingerprint density at radius 2 is 1.67 bits per heavy atom. The molecule has 0 bridgehead atoms. The summed E-state index contributed by atoms with van der Waals surface area (Å²) in [7, 11) is 0. The number of alkyl halides is 6. The first-order chi connectivity index (χ1) is 12.3. The van der Waals surface area contributed by atoms with E-state index in [2.05, 4.69) is 6.58 Å². The fourth-order valence-corrected chi connectivity index (χ4v) is 4.28. The number of hydrogen-bond donors (Lipinski definition) is 1. The van der Waals surface area contributed by atoms with Gasteiger partial charge in [0.15, 0.2) is 0 Å². The molecule has 2 aliphatic rings. The summed E-state index contributed by atoms with van der Waals surface area (Å²) < 4.78 is 78.8. The van der Waals surface area contributed by atoms with E-state index >= 15 is 0 Å². The number of benzene rings is 1. The average molecular weight is 392 g/mol. The Morgan fingerprint density at radius 3 is 2.04 bits per heavy atom. The third kappa shape index (κ3) is 2.74. The monoisotopic (exact) mass is 392 g/mol. The molecule has 1 aliphatic carbocycles. The van der Waals surface area contributed by atoms with Crippen molar-refractivity contribution in [1.29, 1.82) is 0 Å². The Hall–Kier alpha value is -2.03. The number of rotatable bonds is 2. The largest absolute Gasteiger partial charge is 0.416 e. The van der Waals surface area contributed by atoms with Crippen LogP contribution >= 0.6 is 0 Å². The molecule has 27 heavy (non-hydrogen) atoms.